The third kappa shape index (κ3) is 5.43. The van der Waals surface area contributed by atoms with Crippen molar-refractivity contribution in [3.63, 3.8) is 0 Å². The normalized spacial score (nSPS) is 15.7. The number of rotatable bonds is 7. The second kappa shape index (κ2) is 10.3. The van der Waals surface area contributed by atoms with Crippen molar-refractivity contribution >= 4 is 35.2 Å². The molecule has 6 heteroatoms. The molecule has 0 aliphatic carbocycles. The van der Waals surface area contributed by atoms with Crippen molar-refractivity contribution in [3.8, 4) is 0 Å². The van der Waals surface area contributed by atoms with Crippen molar-refractivity contribution in [2.45, 2.75) is 39.2 Å². The Kier molecular flexibility index (Phi) is 7.21. The number of ether oxygens (including phenoxy) is 1. The van der Waals surface area contributed by atoms with Crippen molar-refractivity contribution in [2.24, 2.45) is 5.92 Å². The van der Waals surface area contributed by atoms with E-state index in [4.69, 9.17) is 4.74 Å². The Balaban J connectivity index is 1.70. The minimum Gasteiger partial charge on any atom is -0.453 e. The Morgan fingerprint density at radius 1 is 0.919 bits per heavy atom. The van der Waals surface area contributed by atoms with Gasteiger partial charge in [-0.15, -0.1) is 0 Å². The van der Waals surface area contributed by atoms with Crippen molar-refractivity contribution in [2.75, 3.05) is 5.32 Å². The number of para-hydroxylation sites is 1. The molecule has 0 saturated carbocycles. The smallest absolute Gasteiger partial charge is 0.339 e. The fourth-order valence-corrected chi connectivity index (χ4v) is 4.46. The summed E-state index contributed by atoms with van der Waals surface area (Å²) in [5.74, 6) is -4.70. The molecular weight excluding hydrogens is 466 g/mol. The number of nitrogens with one attached hydrogen (secondary N) is 1. The fourth-order valence-electron chi connectivity index (χ4n) is 4.46. The number of cyclic esters (lactones) is 1. The SMILES string of the molecule is Cc1cccc(C(C)(C)C)c1NC(=O)C(=O)[C@@H](C(=O)/C=C/c1ccccc1)[C@H]1OC(=O)c2ccccc21. The monoisotopic (exact) mass is 495 g/mol. The lowest BCUT2D eigenvalue weighted by molar-refractivity contribution is -0.143. The molecule has 0 spiro atoms. The first-order valence-electron chi connectivity index (χ1n) is 12.1. The topological polar surface area (TPSA) is 89.5 Å². The highest BCUT2D eigenvalue weighted by Gasteiger charge is 2.45. The summed E-state index contributed by atoms with van der Waals surface area (Å²) in [5.41, 5.74) is 3.32. The van der Waals surface area contributed by atoms with Crippen LogP contribution in [0.2, 0.25) is 0 Å². The second-order valence-electron chi connectivity index (χ2n) is 10.1. The summed E-state index contributed by atoms with van der Waals surface area (Å²) in [6, 6.07) is 21.3. The first-order chi connectivity index (χ1) is 17.6. The van der Waals surface area contributed by atoms with E-state index in [1.165, 1.54) is 6.08 Å². The van der Waals surface area contributed by atoms with E-state index in [1.54, 1.807) is 30.3 Å². The van der Waals surface area contributed by atoms with Gasteiger partial charge in [0, 0.05) is 11.3 Å². The van der Waals surface area contributed by atoms with Crippen LogP contribution in [0.3, 0.4) is 0 Å². The van der Waals surface area contributed by atoms with Gasteiger partial charge in [0.2, 0.25) is 5.78 Å². The van der Waals surface area contributed by atoms with E-state index in [9.17, 15) is 19.2 Å². The summed E-state index contributed by atoms with van der Waals surface area (Å²) in [6.45, 7) is 7.87. The number of fused-ring (bicyclic) bond motifs is 1. The van der Waals surface area contributed by atoms with E-state index in [1.807, 2.05) is 76.2 Å². The molecule has 1 N–H and O–H groups in total. The van der Waals surface area contributed by atoms with Crippen LogP contribution >= 0.6 is 0 Å². The molecule has 1 amide bonds. The third-order valence-electron chi connectivity index (χ3n) is 6.40. The zero-order chi connectivity index (χ0) is 26.7. The molecule has 0 saturated heterocycles. The van der Waals surface area contributed by atoms with Gasteiger partial charge in [-0.05, 0) is 41.2 Å². The number of anilines is 1. The summed E-state index contributed by atoms with van der Waals surface area (Å²) in [5, 5.41) is 2.75. The Hall–Kier alpha value is -4.32. The van der Waals surface area contributed by atoms with Crippen molar-refractivity contribution in [1.82, 2.24) is 0 Å². The summed E-state index contributed by atoms with van der Waals surface area (Å²) in [6.07, 6.45) is 1.63. The summed E-state index contributed by atoms with van der Waals surface area (Å²) < 4.78 is 5.50. The van der Waals surface area contributed by atoms with Crippen LogP contribution in [-0.2, 0) is 24.5 Å². The largest absolute Gasteiger partial charge is 0.453 e. The molecule has 0 fully saturated rings. The average Bonchev–Trinajstić information content (AvgIpc) is 3.20. The van der Waals surface area contributed by atoms with Gasteiger partial charge < -0.3 is 10.1 Å². The van der Waals surface area contributed by atoms with Crippen LogP contribution in [0.25, 0.3) is 6.08 Å². The first-order valence-corrected chi connectivity index (χ1v) is 12.1. The van der Waals surface area contributed by atoms with Crippen LogP contribution in [0.1, 0.15) is 59.5 Å². The van der Waals surface area contributed by atoms with E-state index < -0.39 is 35.5 Å². The minimum atomic E-state index is -1.53. The number of hydrogen-bond acceptors (Lipinski definition) is 5. The molecule has 4 rings (SSSR count). The molecule has 2 atom stereocenters. The molecular formula is C31H29NO5. The number of aryl methyl sites for hydroxylation is 1. The Bertz CT molecular complexity index is 1400. The number of amides is 1. The molecule has 3 aromatic carbocycles. The predicted octanol–water partition coefficient (Wildman–Crippen LogP) is 5.61. The highest BCUT2D eigenvalue weighted by Crippen LogP contribution is 2.38. The standard InChI is InChI=1S/C31H29NO5/c1-19-11-10-16-23(31(2,3)4)26(19)32-29(35)27(34)25(24(33)18-17-20-12-6-5-7-13-20)28-21-14-8-9-15-22(21)30(36)37-28/h5-18,25,28H,1-4H3,(H,32,35)/b18-17+/t25-,28+/m1/s1. The Morgan fingerprint density at radius 3 is 2.30 bits per heavy atom. The number of Topliss-reactive ketones (excluding diaryl/α,β-unsaturated/α-hetero) is 1. The first kappa shape index (κ1) is 25.8. The molecule has 188 valence electrons. The molecule has 37 heavy (non-hydrogen) atoms. The Morgan fingerprint density at radius 2 is 1.59 bits per heavy atom. The maximum absolute atomic E-state index is 13.6. The molecule has 1 aliphatic heterocycles. The predicted molar refractivity (Wildman–Crippen MR) is 142 cm³/mol. The maximum atomic E-state index is 13.6. The van der Waals surface area contributed by atoms with Gasteiger partial charge in [-0.2, -0.15) is 0 Å². The number of ketones is 2. The highest BCUT2D eigenvalue weighted by molar-refractivity contribution is 6.45. The van der Waals surface area contributed by atoms with E-state index in [0.717, 1.165) is 16.7 Å². The second-order valence-corrected chi connectivity index (χ2v) is 10.1. The van der Waals surface area contributed by atoms with Gasteiger partial charge in [0.1, 0.15) is 12.0 Å². The molecule has 3 aromatic rings. The minimum absolute atomic E-state index is 0.277. The molecule has 1 aliphatic rings. The van der Waals surface area contributed by atoms with Crippen molar-refractivity contribution in [1.29, 1.82) is 0 Å². The number of carbonyl (C=O) groups is 4. The third-order valence-corrected chi connectivity index (χ3v) is 6.40. The number of benzene rings is 3. The van der Waals surface area contributed by atoms with E-state index in [0.29, 0.717) is 11.3 Å². The number of carbonyl (C=O) groups excluding carboxylic acids is 4. The maximum Gasteiger partial charge on any atom is 0.339 e. The molecule has 0 bridgehead atoms. The zero-order valence-corrected chi connectivity index (χ0v) is 21.3. The number of hydrogen-bond donors (Lipinski definition) is 1. The lowest BCUT2D eigenvalue weighted by Gasteiger charge is -2.25. The van der Waals surface area contributed by atoms with Gasteiger partial charge in [-0.3, -0.25) is 14.4 Å². The Labute approximate surface area is 216 Å². The zero-order valence-electron chi connectivity index (χ0n) is 21.3. The molecule has 0 radical (unpaired) electrons. The fraction of sp³-hybridized carbons (Fsp3) is 0.226. The highest BCUT2D eigenvalue weighted by atomic mass is 16.5. The quantitative estimate of drug-likeness (QED) is 0.199. The average molecular weight is 496 g/mol. The van der Waals surface area contributed by atoms with Gasteiger partial charge in [0.25, 0.3) is 5.91 Å². The van der Waals surface area contributed by atoms with Crippen LogP contribution in [0.4, 0.5) is 5.69 Å². The van der Waals surface area contributed by atoms with E-state index in [-0.39, 0.29) is 11.0 Å². The van der Waals surface area contributed by atoms with E-state index in [2.05, 4.69) is 5.32 Å². The van der Waals surface area contributed by atoms with Gasteiger partial charge in [0.15, 0.2) is 5.78 Å². The lowest BCUT2D eigenvalue weighted by Crippen LogP contribution is -2.38. The molecule has 0 aromatic heterocycles. The van der Waals surface area contributed by atoms with Gasteiger partial charge in [0.05, 0.1) is 5.56 Å². The van der Waals surface area contributed by atoms with E-state index >= 15 is 0 Å². The number of allylic oxidation sites excluding steroid dienone is 1. The van der Waals surface area contributed by atoms with Crippen molar-refractivity contribution in [3.05, 3.63) is 107 Å². The van der Waals surface area contributed by atoms with Crippen LogP contribution in [0.5, 0.6) is 0 Å². The van der Waals surface area contributed by atoms with Gasteiger partial charge in [-0.1, -0.05) is 93.6 Å². The van der Waals surface area contributed by atoms with Crippen LogP contribution in [0.15, 0.2) is 78.9 Å². The van der Waals surface area contributed by atoms with Crippen LogP contribution in [0, 0.1) is 12.8 Å². The molecule has 0 unspecified atom stereocenters. The van der Waals surface area contributed by atoms with Crippen LogP contribution in [-0.4, -0.2) is 23.4 Å². The number of esters is 1. The summed E-state index contributed by atoms with van der Waals surface area (Å²) in [7, 11) is 0. The van der Waals surface area contributed by atoms with Crippen LogP contribution < -0.4 is 5.32 Å². The van der Waals surface area contributed by atoms with Gasteiger partial charge >= 0.3 is 5.97 Å². The van der Waals surface area contributed by atoms with Gasteiger partial charge in [-0.25, -0.2) is 4.79 Å². The molecule has 6 nitrogen and oxygen atoms in total. The lowest BCUT2D eigenvalue weighted by atomic mass is 9.84. The molecule has 1 heterocycles. The summed E-state index contributed by atoms with van der Waals surface area (Å²) in [4.78, 5) is 52.9. The summed E-state index contributed by atoms with van der Waals surface area (Å²) >= 11 is 0. The van der Waals surface area contributed by atoms with Crippen molar-refractivity contribution < 1.29 is 23.9 Å².